The van der Waals surface area contributed by atoms with Crippen LogP contribution in [0.5, 0.6) is 11.5 Å². The van der Waals surface area contributed by atoms with Crippen molar-refractivity contribution in [2.45, 2.75) is 20.4 Å². The molecule has 2 aromatic rings. The number of amides is 2. The highest BCUT2D eigenvalue weighted by molar-refractivity contribution is 14.1. The largest absolute Gasteiger partial charge is 0.490 e. The molecule has 152 valence electrons. The molecule has 0 N–H and O–H groups in total. The first-order valence-electron chi connectivity index (χ1n) is 9.01. The Morgan fingerprint density at radius 2 is 1.79 bits per heavy atom. The van der Waals surface area contributed by atoms with E-state index in [0.717, 1.165) is 30.9 Å². The molecule has 0 spiro atoms. The monoisotopic (exact) mass is 587 g/mol. The lowest BCUT2D eigenvalue weighted by Crippen LogP contribution is -2.27. The van der Waals surface area contributed by atoms with Crippen LogP contribution in [0.2, 0.25) is 0 Å². The van der Waals surface area contributed by atoms with Crippen LogP contribution in [0, 0.1) is 3.57 Å². The minimum absolute atomic E-state index is 0.260. The van der Waals surface area contributed by atoms with Gasteiger partial charge in [0, 0.05) is 3.57 Å². The Bertz CT molecular complexity index is 962. The van der Waals surface area contributed by atoms with Crippen molar-refractivity contribution in [3.8, 4) is 11.5 Å². The highest BCUT2D eigenvalue weighted by Crippen LogP contribution is 2.39. The normalized spacial score (nSPS) is 15.3. The number of carbonyl (C=O) groups excluding carboxylic acids is 2. The van der Waals surface area contributed by atoms with E-state index in [4.69, 9.17) is 9.47 Å². The third-order valence-corrected chi connectivity index (χ3v) is 6.26. The van der Waals surface area contributed by atoms with Gasteiger partial charge in [-0.2, -0.15) is 0 Å². The van der Waals surface area contributed by atoms with Crippen LogP contribution < -0.4 is 9.47 Å². The standard InChI is InChI=1S/C21H19BrINO4S/c1-3-27-17-10-14(9-16(22)19(17)28-4-2)11-18-20(25)24(21(26)29-18)12-13-5-7-15(23)8-6-13/h5-11H,3-4,12H2,1-2H3/b18-11+. The summed E-state index contributed by atoms with van der Waals surface area (Å²) in [5.41, 5.74) is 1.67. The average Bonchev–Trinajstić information content (AvgIpc) is 2.94. The van der Waals surface area contributed by atoms with E-state index in [-0.39, 0.29) is 17.7 Å². The van der Waals surface area contributed by atoms with Crippen molar-refractivity contribution in [3.05, 3.63) is 60.5 Å². The molecular formula is C21H19BrINO4S. The summed E-state index contributed by atoms with van der Waals surface area (Å²) in [6, 6.07) is 11.4. The number of imide groups is 1. The number of carbonyl (C=O) groups is 2. The molecule has 0 saturated carbocycles. The maximum atomic E-state index is 12.8. The Kier molecular flexibility index (Phi) is 7.64. The molecule has 1 heterocycles. The molecule has 29 heavy (non-hydrogen) atoms. The van der Waals surface area contributed by atoms with E-state index in [1.165, 1.54) is 4.90 Å². The third kappa shape index (κ3) is 5.35. The van der Waals surface area contributed by atoms with E-state index in [2.05, 4.69) is 38.5 Å². The van der Waals surface area contributed by atoms with Gasteiger partial charge in [-0.1, -0.05) is 12.1 Å². The summed E-state index contributed by atoms with van der Waals surface area (Å²) in [4.78, 5) is 26.9. The van der Waals surface area contributed by atoms with Gasteiger partial charge in [0.2, 0.25) is 0 Å². The number of hydrogen-bond donors (Lipinski definition) is 0. The molecule has 2 aromatic carbocycles. The Hall–Kier alpha value is -1.52. The fraction of sp³-hybridized carbons (Fsp3) is 0.238. The second kappa shape index (κ2) is 9.99. The summed E-state index contributed by atoms with van der Waals surface area (Å²) < 4.78 is 13.2. The minimum Gasteiger partial charge on any atom is -0.490 e. The lowest BCUT2D eigenvalue weighted by atomic mass is 10.1. The maximum Gasteiger partial charge on any atom is 0.293 e. The van der Waals surface area contributed by atoms with Crippen molar-refractivity contribution in [2.75, 3.05) is 13.2 Å². The van der Waals surface area contributed by atoms with Crippen LogP contribution in [0.15, 0.2) is 45.8 Å². The van der Waals surface area contributed by atoms with Crippen LogP contribution >= 0.6 is 50.3 Å². The minimum atomic E-state index is -0.290. The van der Waals surface area contributed by atoms with Gasteiger partial charge in [0.15, 0.2) is 11.5 Å². The summed E-state index contributed by atoms with van der Waals surface area (Å²) in [5.74, 6) is 0.924. The summed E-state index contributed by atoms with van der Waals surface area (Å²) in [5, 5.41) is -0.269. The second-order valence-electron chi connectivity index (χ2n) is 6.09. The van der Waals surface area contributed by atoms with Crippen molar-refractivity contribution < 1.29 is 19.1 Å². The maximum absolute atomic E-state index is 12.8. The van der Waals surface area contributed by atoms with Gasteiger partial charge in [0.1, 0.15) is 0 Å². The Labute approximate surface area is 196 Å². The van der Waals surface area contributed by atoms with E-state index in [1.807, 2.05) is 50.2 Å². The van der Waals surface area contributed by atoms with E-state index in [1.54, 1.807) is 6.08 Å². The molecule has 0 unspecified atom stereocenters. The summed E-state index contributed by atoms with van der Waals surface area (Å²) >= 11 is 6.67. The van der Waals surface area contributed by atoms with Crippen molar-refractivity contribution >= 4 is 67.5 Å². The molecule has 0 bridgehead atoms. The van der Waals surface area contributed by atoms with Crippen molar-refractivity contribution in [2.24, 2.45) is 0 Å². The van der Waals surface area contributed by atoms with Gasteiger partial charge < -0.3 is 9.47 Å². The van der Waals surface area contributed by atoms with Crippen LogP contribution in [0.1, 0.15) is 25.0 Å². The molecule has 2 amide bonds. The SMILES string of the molecule is CCOc1cc(/C=C2/SC(=O)N(Cc3ccc(I)cc3)C2=O)cc(Br)c1OCC. The van der Waals surface area contributed by atoms with Gasteiger partial charge in [0.05, 0.1) is 29.1 Å². The Morgan fingerprint density at radius 3 is 2.45 bits per heavy atom. The predicted octanol–water partition coefficient (Wildman–Crippen LogP) is 6.09. The molecule has 1 fully saturated rings. The fourth-order valence-electron chi connectivity index (χ4n) is 2.78. The molecule has 0 aliphatic carbocycles. The molecule has 1 aliphatic rings. The van der Waals surface area contributed by atoms with Gasteiger partial charge in [-0.15, -0.1) is 0 Å². The molecule has 0 aromatic heterocycles. The van der Waals surface area contributed by atoms with Gasteiger partial charge in [-0.3, -0.25) is 14.5 Å². The van der Waals surface area contributed by atoms with E-state index < -0.39 is 0 Å². The zero-order valence-corrected chi connectivity index (χ0v) is 20.5. The highest BCUT2D eigenvalue weighted by Gasteiger charge is 2.35. The Morgan fingerprint density at radius 1 is 1.10 bits per heavy atom. The number of benzene rings is 2. The first-order valence-corrected chi connectivity index (χ1v) is 11.7. The molecule has 0 radical (unpaired) electrons. The number of nitrogens with zero attached hydrogens (tertiary/aromatic N) is 1. The number of halogens is 2. The predicted molar refractivity (Wildman–Crippen MR) is 127 cm³/mol. The zero-order chi connectivity index (χ0) is 21.0. The summed E-state index contributed by atoms with van der Waals surface area (Å²) in [7, 11) is 0. The van der Waals surface area contributed by atoms with Crippen LogP contribution in [0.3, 0.4) is 0 Å². The lowest BCUT2D eigenvalue weighted by Gasteiger charge is -2.14. The van der Waals surface area contributed by atoms with Crippen LogP contribution in [-0.2, 0) is 11.3 Å². The molecule has 0 atom stereocenters. The topological polar surface area (TPSA) is 55.8 Å². The van der Waals surface area contributed by atoms with Gasteiger partial charge in [-0.25, -0.2) is 0 Å². The Balaban J connectivity index is 1.86. The van der Waals surface area contributed by atoms with E-state index >= 15 is 0 Å². The molecule has 8 heteroatoms. The van der Waals surface area contributed by atoms with Gasteiger partial charge in [0.25, 0.3) is 11.1 Å². The quantitative estimate of drug-likeness (QED) is 0.290. The zero-order valence-electron chi connectivity index (χ0n) is 15.9. The van der Waals surface area contributed by atoms with Crippen molar-refractivity contribution in [1.29, 1.82) is 0 Å². The number of rotatable bonds is 7. The molecule has 5 nitrogen and oxygen atoms in total. The van der Waals surface area contributed by atoms with Crippen molar-refractivity contribution in [1.82, 2.24) is 4.90 Å². The summed E-state index contributed by atoms with van der Waals surface area (Å²) in [6.45, 7) is 5.06. The molecule has 3 rings (SSSR count). The van der Waals surface area contributed by atoms with E-state index in [9.17, 15) is 9.59 Å². The van der Waals surface area contributed by atoms with Crippen molar-refractivity contribution in [3.63, 3.8) is 0 Å². The number of hydrogen-bond acceptors (Lipinski definition) is 5. The van der Waals surface area contributed by atoms with Gasteiger partial charge in [-0.05, 0) is 106 Å². The second-order valence-corrected chi connectivity index (χ2v) is 9.18. The molecular weight excluding hydrogens is 569 g/mol. The first kappa shape index (κ1) is 22.2. The van der Waals surface area contributed by atoms with Crippen LogP contribution in [0.4, 0.5) is 4.79 Å². The van der Waals surface area contributed by atoms with E-state index in [0.29, 0.717) is 29.6 Å². The smallest absolute Gasteiger partial charge is 0.293 e. The lowest BCUT2D eigenvalue weighted by molar-refractivity contribution is -0.123. The third-order valence-electron chi connectivity index (χ3n) is 4.05. The molecule has 1 saturated heterocycles. The summed E-state index contributed by atoms with van der Waals surface area (Å²) in [6.07, 6.45) is 1.71. The van der Waals surface area contributed by atoms with Crippen LogP contribution in [0.25, 0.3) is 6.08 Å². The average molecular weight is 588 g/mol. The highest BCUT2D eigenvalue weighted by atomic mass is 127. The number of ether oxygens (including phenoxy) is 2. The van der Waals surface area contributed by atoms with Gasteiger partial charge >= 0.3 is 0 Å². The first-order chi connectivity index (χ1) is 13.9. The molecule has 1 aliphatic heterocycles. The number of thioether (sulfide) groups is 1. The van der Waals surface area contributed by atoms with Crippen LogP contribution in [-0.4, -0.2) is 29.3 Å². The fourth-order valence-corrected chi connectivity index (χ4v) is 4.55.